The standard InChI is InChI=1S/C23H36O3/c1-13(24)20-18-10-19(18)21-17-5-4-14-11-23(25,12-26-3)9-7-15(14)16(17)6-8-22(20,21)2/h14-21,25H,4-12H2,1-3H3/t14-,15-,16+,17+,18-,19+,20-,21+,22+,23+/m0/s1. The zero-order valence-corrected chi connectivity index (χ0v) is 16.7. The highest BCUT2D eigenvalue weighted by Crippen LogP contribution is 2.74. The maximum Gasteiger partial charge on any atom is 0.133 e. The number of carbonyl (C=O) groups excluding carboxylic acids is 1. The van der Waals surface area contributed by atoms with Crippen LogP contribution in [-0.4, -0.2) is 30.2 Å². The van der Waals surface area contributed by atoms with Crippen molar-refractivity contribution in [2.24, 2.45) is 52.8 Å². The van der Waals surface area contributed by atoms with Crippen molar-refractivity contribution in [2.45, 2.75) is 70.8 Å². The van der Waals surface area contributed by atoms with Gasteiger partial charge in [-0.25, -0.2) is 0 Å². The Morgan fingerprint density at radius 2 is 1.81 bits per heavy atom. The molecule has 146 valence electrons. The minimum atomic E-state index is -0.583. The molecule has 26 heavy (non-hydrogen) atoms. The van der Waals surface area contributed by atoms with Gasteiger partial charge in [0.2, 0.25) is 0 Å². The molecule has 0 radical (unpaired) electrons. The second-order valence-corrected chi connectivity index (χ2v) is 11.0. The summed E-state index contributed by atoms with van der Waals surface area (Å²) in [5.41, 5.74) is -0.292. The van der Waals surface area contributed by atoms with Crippen LogP contribution in [0.1, 0.15) is 65.2 Å². The predicted octanol–water partition coefficient (Wildman–Crippen LogP) is 4.08. The maximum absolute atomic E-state index is 12.4. The Hall–Kier alpha value is -0.410. The third kappa shape index (κ3) is 2.35. The molecule has 5 saturated carbocycles. The molecule has 5 aliphatic carbocycles. The lowest BCUT2D eigenvalue weighted by Crippen LogP contribution is -2.53. The van der Waals surface area contributed by atoms with Crippen LogP contribution in [-0.2, 0) is 9.53 Å². The molecule has 10 atom stereocenters. The van der Waals surface area contributed by atoms with Gasteiger partial charge in [0.05, 0.1) is 12.2 Å². The number of carbonyl (C=O) groups is 1. The van der Waals surface area contributed by atoms with Crippen LogP contribution in [0.3, 0.4) is 0 Å². The lowest BCUT2D eigenvalue weighted by Gasteiger charge is -2.57. The van der Waals surface area contributed by atoms with Gasteiger partial charge in [-0.05, 0) is 105 Å². The van der Waals surface area contributed by atoms with Crippen molar-refractivity contribution in [3.63, 3.8) is 0 Å². The lowest BCUT2D eigenvalue weighted by molar-refractivity contribution is -0.139. The van der Waals surface area contributed by atoms with Crippen LogP contribution in [0.5, 0.6) is 0 Å². The summed E-state index contributed by atoms with van der Waals surface area (Å²) in [6.45, 7) is 4.82. The molecule has 0 spiro atoms. The van der Waals surface area contributed by atoms with Gasteiger partial charge >= 0.3 is 0 Å². The van der Waals surface area contributed by atoms with Crippen molar-refractivity contribution in [3.8, 4) is 0 Å². The molecule has 0 unspecified atom stereocenters. The Balaban J connectivity index is 1.37. The van der Waals surface area contributed by atoms with E-state index >= 15 is 0 Å². The molecule has 0 amide bonds. The molecule has 3 heteroatoms. The molecule has 0 aromatic rings. The summed E-state index contributed by atoms with van der Waals surface area (Å²) in [5.74, 6) is 6.41. The number of aliphatic hydroxyl groups is 1. The van der Waals surface area contributed by atoms with Gasteiger partial charge in [0.25, 0.3) is 0 Å². The van der Waals surface area contributed by atoms with E-state index in [1.807, 2.05) is 6.92 Å². The monoisotopic (exact) mass is 360 g/mol. The van der Waals surface area contributed by atoms with E-state index in [9.17, 15) is 9.90 Å². The van der Waals surface area contributed by atoms with Crippen LogP contribution >= 0.6 is 0 Å². The number of Topliss-reactive ketones (excluding diaryl/α,β-unsaturated/α-hetero) is 1. The number of hydrogen-bond donors (Lipinski definition) is 1. The topological polar surface area (TPSA) is 46.5 Å². The molecule has 5 rings (SSSR count). The average molecular weight is 361 g/mol. The normalized spacial score (nSPS) is 57.5. The smallest absolute Gasteiger partial charge is 0.133 e. The van der Waals surface area contributed by atoms with Crippen molar-refractivity contribution < 1.29 is 14.6 Å². The zero-order valence-electron chi connectivity index (χ0n) is 16.7. The van der Waals surface area contributed by atoms with E-state index in [0.29, 0.717) is 29.6 Å². The fourth-order valence-corrected chi connectivity index (χ4v) is 9.09. The highest BCUT2D eigenvalue weighted by atomic mass is 16.5. The minimum Gasteiger partial charge on any atom is -0.387 e. The molecule has 0 heterocycles. The first-order valence-corrected chi connectivity index (χ1v) is 11.1. The van der Waals surface area contributed by atoms with Gasteiger partial charge in [0.15, 0.2) is 0 Å². The van der Waals surface area contributed by atoms with Gasteiger partial charge in [0.1, 0.15) is 5.78 Å². The fourth-order valence-electron chi connectivity index (χ4n) is 9.09. The summed E-state index contributed by atoms with van der Waals surface area (Å²) in [6, 6.07) is 0. The van der Waals surface area contributed by atoms with Gasteiger partial charge in [-0.15, -0.1) is 0 Å². The van der Waals surface area contributed by atoms with E-state index in [0.717, 1.165) is 48.3 Å². The van der Waals surface area contributed by atoms with E-state index < -0.39 is 5.60 Å². The second kappa shape index (κ2) is 5.80. The van der Waals surface area contributed by atoms with Crippen molar-refractivity contribution >= 4 is 5.78 Å². The van der Waals surface area contributed by atoms with E-state index in [1.54, 1.807) is 7.11 Å². The first-order chi connectivity index (χ1) is 12.4. The minimum absolute atomic E-state index is 0.291. The first-order valence-electron chi connectivity index (χ1n) is 11.1. The lowest BCUT2D eigenvalue weighted by atomic mass is 9.48. The number of rotatable bonds is 3. The summed E-state index contributed by atoms with van der Waals surface area (Å²) in [6.07, 6.45) is 9.57. The SMILES string of the molecule is COC[C@@]1(O)CC[C@H]2[C@@H](CC[C@@H]3[C@@H]2CC[C@@]2(C)[C@H]3[C@@H]3C[C@@H]3[C@@H]2C(C)=O)C1. The van der Waals surface area contributed by atoms with Crippen LogP contribution in [0.2, 0.25) is 0 Å². The molecule has 0 saturated heterocycles. The predicted molar refractivity (Wildman–Crippen MR) is 100 cm³/mol. The van der Waals surface area contributed by atoms with Crippen LogP contribution < -0.4 is 0 Å². The Bertz CT molecular complexity index is 602. The largest absolute Gasteiger partial charge is 0.387 e. The summed E-state index contributed by atoms with van der Waals surface area (Å²) >= 11 is 0. The van der Waals surface area contributed by atoms with Gasteiger partial charge in [-0.2, -0.15) is 0 Å². The molecule has 1 N–H and O–H groups in total. The Kier molecular flexibility index (Phi) is 3.94. The Morgan fingerprint density at radius 3 is 2.54 bits per heavy atom. The number of methoxy groups -OCH3 is 1. The Labute approximate surface area is 158 Å². The molecule has 0 aliphatic heterocycles. The fraction of sp³-hybridized carbons (Fsp3) is 0.957. The highest BCUT2D eigenvalue weighted by molar-refractivity contribution is 5.80. The summed E-state index contributed by atoms with van der Waals surface area (Å²) in [4.78, 5) is 12.4. The highest BCUT2D eigenvalue weighted by Gasteiger charge is 2.70. The van der Waals surface area contributed by atoms with E-state index in [2.05, 4.69) is 6.92 Å². The maximum atomic E-state index is 12.4. The molecule has 0 bridgehead atoms. The number of hydrogen-bond acceptors (Lipinski definition) is 3. The molecule has 3 nitrogen and oxygen atoms in total. The summed E-state index contributed by atoms with van der Waals surface area (Å²) in [5, 5.41) is 10.9. The van der Waals surface area contributed by atoms with Gasteiger partial charge in [-0.3, -0.25) is 4.79 Å². The van der Waals surface area contributed by atoms with Crippen LogP contribution in [0.15, 0.2) is 0 Å². The van der Waals surface area contributed by atoms with Crippen molar-refractivity contribution in [1.82, 2.24) is 0 Å². The van der Waals surface area contributed by atoms with Gasteiger partial charge in [-0.1, -0.05) is 6.92 Å². The van der Waals surface area contributed by atoms with Crippen LogP contribution in [0.25, 0.3) is 0 Å². The third-order valence-corrected chi connectivity index (χ3v) is 9.74. The number of ketones is 1. The Morgan fingerprint density at radius 1 is 1.04 bits per heavy atom. The van der Waals surface area contributed by atoms with Crippen LogP contribution in [0.4, 0.5) is 0 Å². The van der Waals surface area contributed by atoms with E-state index in [1.165, 1.54) is 38.5 Å². The van der Waals surface area contributed by atoms with Crippen molar-refractivity contribution in [3.05, 3.63) is 0 Å². The van der Waals surface area contributed by atoms with Crippen LogP contribution in [0, 0.1) is 52.8 Å². The van der Waals surface area contributed by atoms with Gasteiger partial charge < -0.3 is 9.84 Å². The first kappa shape index (κ1) is 17.7. The van der Waals surface area contributed by atoms with E-state index in [4.69, 9.17) is 4.74 Å². The van der Waals surface area contributed by atoms with Gasteiger partial charge in [0, 0.05) is 13.0 Å². The molecule has 0 aromatic heterocycles. The van der Waals surface area contributed by atoms with Crippen molar-refractivity contribution in [1.29, 1.82) is 0 Å². The third-order valence-electron chi connectivity index (χ3n) is 9.74. The van der Waals surface area contributed by atoms with E-state index in [-0.39, 0.29) is 0 Å². The number of fused-ring (bicyclic) bond motifs is 7. The zero-order chi connectivity index (χ0) is 18.3. The number of ether oxygens (including phenoxy) is 1. The second-order valence-electron chi connectivity index (χ2n) is 11.0. The molecule has 0 aromatic carbocycles. The average Bonchev–Trinajstić information content (AvgIpc) is 3.27. The van der Waals surface area contributed by atoms with Crippen molar-refractivity contribution in [2.75, 3.05) is 13.7 Å². The molecular formula is C23H36O3. The quantitative estimate of drug-likeness (QED) is 0.825. The summed E-state index contributed by atoms with van der Waals surface area (Å²) in [7, 11) is 1.71. The summed E-state index contributed by atoms with van der Waals surface area (Å²) < 4.78 is 5.31. The molecule has 5 aliphatic rings. The molecular weight excluding hydrogens is 324 g/mol. The molecule has 5 fully saturated rings.